The fourth-order valence-electron chi connectivity index (χ4n) is 2.22. The average molecular weight is 345 g/mol. The summed E-state index contributed by atoms with van der Waals surface area (Å²) >= 11 is 0. The van der Waals surface area contributed by atoms with Gasteiger partial charge in [-0.05, 0) is 30.7 Å². The number of benzene rings is 1. The fourth-order valence-corrected chi connectivity index (χ4v) is 2.22. The molecule has 0 amide bonds. The van der Waals surface area contributed by atoms with Crippen molar-refractivity contribution < 1.29 is 32.2 Å². The van der Waals surface area contributed by atoms with Crippen LogP contribution in [-0.4, -0.2) is 32.9 Å². The molecule has 0 spiro atoms. The van der Waals surface area contributed by atoms with Crippen molar-refractivity contribution in [2.75, 3.05) is 32.7 Å². The lowest BCUT2D eigenvalue weighted by atomic mass is 10.0. The zero-order valence-corrected chi connectivity index (χ0v) is 13.7. The lowest BCUT2D eigenvalue weighted by molar-refractivity contribution is -0.137. The van der Waals surface area contributed by atoms with E-state index in [0.717, 1.165) is 12.1 Å². The van der Waals surface area contributed by atoms with E-state index in [1.54, 1.807) is 21.0 Å². The zero-order chi connectivity index (χ0) is 18.1. The monoisotopic (exact) mass is 345 g/mol. The van der Waals surface area contributed by atoms with E-state index in [0.29, 0.717) is 0 Å². The van der Waals surface area contributed by atoms with Gasteiger partial charge in [-0.1, -0.05) is 0 Å². The van der Waals surface area contributed by atoms with E-state index in [4.69, 9.17) is 13.9 Å². The van der Waals surface area contributed by atoms with Crippen molar-refractivity contribution in [2.45, 2.75) is 13.1 Å². The third-order valence-electron chi connectivity index (χ3n) is 3.27. The number of alkyl halides is 3. The molecule has 2 rings (SSSR count). The number of methoxy groups -OCH3 is 1. The van der Waals surface area contributed by atoms with E-state index >= 15 is 0 Å². The van der Waals surface area contributed by atoms with Crippen molar-refractivity contribution in [2.24, 2.45) is 0 Å². The number of aromatic hydroxyl groups is 1. The van der Waals surface area contributed by atoms with Crippen molar-refractivity contribution in [1.82, 2.24) is 0 Å². The maximum Gasteiger partial charge on any atom is 0.416 e. The Balaban J connectivity index is 2.71. The first-order valence-corrected chi connectivity index (χ1v) is 7.11. The van der Waals surface area contributed by atoms with Gasteiger partial charge in [-0.3, -0.25) is 0 Å². The molecule has 24 heavy (non-hydrogen) atoms. The van der Waals surface area contributed by atoms with Crippen LogP contribution in [0.15, 0.2) is 22.6 Å². The summed E-state index contributed by atoms with van der Waals surface area (Å²) in [6.45, 7) is 1.93. The molecule has 0 aliphatic heterocycles. The Hall–Kier alpha value is -2.51. The summed E-state index contributed by atoms with van der Waals surface area (Å²) in [5, 5.41) is 10.3. The molecule has 8 heteroatoms. The molecular weight excluding hydrogens is 327 g/mol. The third-order valence-corrected chi connectivity index (χ3v) is 3.27. The van der Waals surface area contributed by atoms with Crippen molar-refractivity contribution >= 4 is 5.88 Å². The second kappa shape index (κ2) is 6.54. The first kappa shape index (κ1) is 17.8. The van der Waals surface area contributed by atoms with Gasteiger partial charge in [0.2, 0.25) is 11.6 Å². The van der Waals surface area contributed by atoms with Crippen LogP contribution in [0.4, 0.5) is 19.1 Å². The summed E-state index contributed by atoms with van der Waals surface area (Å²) in [6.07, 6.45) is -4.55. The van der Waals surface area contributed by atoms with Crippen LogP contribution in [0.25, 0.3) is 11.1 Å². The average Bonchev–Trinajstić information content (AvgIpc) is 2.83. The number of ether oxygens (including phenoxy) is 2. The normalized spacial score (nSPS) is 11.5. The zero-order valence-electron chi connectivity index (χ0n) is 13.7. The lowest BCUT2D eigenvalue weighted by Crippen LogP contribution is -2.09. The summed E-state index contributed by atoms with van der Waals surface area (Å²) in [5.41, 5.74) is -0.675. The maximum atomic E-state index is 13.1. The Morgan fingerprint density at radius 1 is 1.21 bits per heavy atom. The molecule has 0 radical (unpaired) electrons. The molecule has 5 nitrogen and oxygen atoms in total. The second-order valence-electron chi connectivity index (χ2n) is 5.19. The first-order chi connectivity index (χ1) is 11.2. The first-order valence-electron chi connectivity index (χ1n) is 7.11. The number of nitrogens with zero attached hydrogens (tertiary/aromatic N) is 1. The summed E-state index contributed by atoms with van der Waals surface area (Å²) < 4.78 is 54.9. The Kier molecular flexibility index (Phi) is 4.86. The van der Waals surface area contributed by atoms with Gasteiger partial charge in [0.15, 0.2) is 0 Å². The van der Waals surface area contributed by atoms with E-state index in [1.807, 2.05) is 0 Å². The van der Waals surface area contributed by atoms with Crippen LogP contribution < -0.4 is 14.4 Å². The highest BCUT2D eigenvalue weighted by Crippen LogP contribution is 2.48. The molecule has 2 aromatic rings. The molecule has 0 saturated heterocycles. The largest absolute Gasteiger partial charge is 0.501 e. The van der Waals surface area contributed by atoms with Crippen molar-refractivity contribution in [3.63, 3.8) is 0 Å². The van der Waals surface area contributed by atoms with Gasteiger partial charge in [-0.2, -0.15) is 13.2 Å². The maximum absolute atomic E-state index is 13.1. The summed E-state index contributed by atoms with van der Waals surface area (Å²) in [5.74, 6) is -0.310. The van der Waals surface area contributed by atoms with Gasteiger partial charge in [0.25, 0.3) is 0 Å². The smallest absolute Gasteiger partial charge is 0.416 e. The highest BCUT2D eigenvalue weighted by molar-refractivity contribution is 5.83. The molecule has 1 aromatic carbocycles. The molecule has 132 valence electrons. The summed E-state index contributed by atoms with van der Waals surface area (Å²) in [7, 11) is 4.55. The lowest BCUT2D eigenvalue weighted by Gasteiger charge is -2.14. The van der Waals surface area contributed by atoms with Crippen LogP contribution in [0.3, 0.4) is 0 Å². The van der Waals surface area contributed by atoms with Gasteiger partial charge in [-0.15, -0.1) is 0 Å². The molecule has 0 bridgehead atoms. The van der Waals surface area contributed by atoms with E-state index in [2.05, 4.69) is 0 Å². The number of rotatable bonds is 5. The van der Waals surface area contributed by atoms with E-state index < -0.39 is 11.7 Å². The topological polar surface area (TPSA) is 55.1 Å². The van der Waals surface area contributed by atoms with Gasteiger partial charge in [0, 0.05) is 14.1 Å². The molecule has 0 saturated carbocycles. The van der Waals surface area contributed by atoms with Gasteiger partial charge in [0.05, 0.1) is 24.8 Å². The molecule has 1 aromatic heterocycles. The minimum Gasteiger partial charge on any atom is -0.501 e. The number of hydrogen-bond donors (Lipinski definition) is 1. The quantitative estimate of drug-likeness (QED) is 0.882. The van der Waals surface area contributed by atoms with E-state index in [1.165, 1.54) is 18.1 Å². The Bertz CT molecular complexity index is 723. The van der Waals surface area contributed by atoms with Crippen LogP contribution in [-0.2, 0) is 6.18 Å². The Morgan fingerprint density at radius 2 is 1.88 bits per heavy atom. The molecular formula is C16H18F3NO4. The molecule has 1 N–H and O–H groups in total. The Morgan fingerprint density at radius 3 is 2.38 bits per heavy atom. The molecule has 0 unspecified atom stereocenters. The van der Waals surface area contributed by atoms with Crippen LogP contribution in [0.2, 0.25) is 0 Å². The predicted molar refractivity (Wildman–Crippen MR) is 82.9 cm³/mol. The second-order valence-corrected chi connectivity index (χ2v) is 5.19. The number of halogens is 3. The minimum atomic E-state index is -4.55. The van der Waals surface area contributed by atoms with Crippen LogP contribution in [0, 0.1) is 0 Å². The van der Waals surface area contributed by atoms with Crippen LogP contribution >= 0.6 is 0 Å². The molecule has 0 aliphatic rings. The third kappa shape index (κ3) is 3.37. The van der Waals surface area contributed by atoms with Gasteiger partial charge in [0.1, 0.15) is 5.75 Å². The Labute approximate surface area is 137 Å². The fraction of sp³-hybridized carbons (Fsp3) is 0.375. The standard InChI is InChI=1S/C16H18F3NO4/c1-5-23-15-13(21)12(14(24-15)20(2)3)9-6-10(16(17,18)19)8-11(7-9)22-4/h6-8,21H,5H2,1-4H3. The van der Waals surface area contributed by atoms with Crippen LogP contribution in [0.5, 0.6) is 17.4 Å². The molecule has 1 heterocycles. The van der Waals surface area contributed by atoms with E-state index in [9.17, 15) is 18.3 Å². The summed E-state index contributed by atoms with van der Waals surface area (Å²) in [6, 6.07) is 3.21. The van der Waals surface area contributed by atoms with Crippen LogP contribution in [0.1, 0.15) is 12.5 Å². The number of hydrogen-bond acceptors (Lipinski definition) is 5. The van der Waals surface area contributed by atoms with Gasteiger partial charge < -0.3 is 23.9 Å². The molecule has 0 aliphatic carbocycles. The highest BCUT2D eigenvalue weighted by Gasteiger charge is 2.33. The van der Waals surface area contributed by atoms with Crippen molar-refractivity contribution in [3.05, 3.63) is 23.8 Å². The number of anilines is 1. The minimum absolute atomic E-state index is 0.0168. The highest BCUT2D eigenvalue weighted by atomic mass is 19.4. The SMILES string of the molecule is CCOc1oc(N(C)C)c(-c2cc(OC)cc(C(F)(F)F)c2)c1O. The predicted octanol–water partition coefficient (Wildman–Crippen LogP) is 4.14. The van der Waals surface area contributed by atoms with E-state index in [-0.39, 0.29) is 41.1 Å². The number of furan rings is 1. The molecule has 0 atom stereocenters. The van der Waals surface area contributed by atoms with Gasteiger partial charge in [-0.25, -0.2) is 0 Å². The molecule has 0 fully saturated rings. The van der Waals surface area contributed by atoms with Crippen molar-refractivity contribution in [3.8, 4) is 28.6 Å². The van der Waals surface area contributed by atoms with Gasteiger partial charge >= 0.3 is 12.1 Å². The summed E-state index contributed by atoms with van der Waals surface area (Å²) in [4.78, 5) is 1.53. The van der Waals surface area contributed by atoms with Crippen molar-refractivity contribution in [1.29, 1.82) is 0 Å².